The van der Waals surface area contributed by atoms with E-state index in [0.717, 1.165) is 5.56 Å². The molecule has 1 atom stereocenters. The minimum Gasteiger partial charge on any atom is -0.338 e. The van der Waals surface area contributed by atoms with Crippen LogP contribution in [0.15, 0.2) is 47.4 Å². The predicted octanol–water partition coefficient (Wildman–Crippen LogP) is 4.17. The third-order valence-corrected chi connectivity index (χ3v) is 8.28. The zero-order valence-corrected chi connectivity index (χ0v) is 20.7. The van der Waals surface area contributed by atoms with Crippen LogP contribution in [0.4, 0.5) is 5.69 Å². The summed E-state index contributed by atoms with van der Waals surface area (Å²) in [5, 5.41) is 3.46. The first-order valence-electron chi connectivity index (χ1n) is 11.1. The van der Waals surface area contributed by atoms with Gasteiger partial charge in [-0.2, -0.15) is 4.31 Å². The van der Waals surface area contributed by atoms with Crippen LogP contribution in [0.25, 0.3) is 0 Å². The molecule has 1 aliphatic heterocycles. The number of likely N-dealkylation sites (tertiary alicyclic amines) is 1. The predicted molar refractivity (Wildman–Crippen MR) is 130 cm³/mol. The quantitative estimate of drug-likeness (QED) is 0.629. The van der Waals surface area contributed by atoms with Crippen LogP contribution in [0.2, 0.25) is 5.02 Å². The Hall–Kier alpha value is -2.42. The van der Waals surface area contributed by atoms with E-state index in [0.29, 0.717) is 55.3 Å². The van der Waals surface area contributed by atoms with Crippen LogP contribution in [-0.4, -0.2) is 55.6 Å². The molecule has 2 aromatic carbocycles. The van der Waals surface area contributed by atoms with Crippen molar-refractivity contribution in [1.29, 1.82) is 0 Å². The Balaban J connectivity index is 1.74. The van der Waals surface area contributed by atoms with Gasteiger partial charge in [0.15, 0.2) is 0 Å². The number of amides is 2. The van der Waals surface area contributed by atoms with E-state index >= 15 is 0 Å². The van der Waals surface area contributed by atoms with E-state index in [1.165, 1.54) is 10.4 Å². The van der Waals surface area contributed by atoms with Crippen LogP contribution in [0, 0.1) is 12.8 Å². The van der Waals surface area contributed by atoms with Crippen LogP contribution in [0.5, 0.6) is 0 Å². The lowest BCUT2D eigenvalue weighted by atomic mass is 9.96. The van der Waals surface area contributed by atoms with Gasteiger partial charge in [-0.3, -0.25) is 9.59 Å². The molecular weight excluding hydrogens is 462 g/mol. The fourth-order valence-corrected chi connectivity index (χ4v) is 5.61. The van der Waals surface area contributed by atoms with E-state index in [1.54, 1.807) is 55.1 Å². The van der Waals surface area contributed by atoms with Crippen LogP contribution >= 0.6 is 11.6 Å². The summed E-state index contributed by atoms with van der Waals surface area (Å²) in [5.41, 5.74) is 1.77. The van der Waals surface area contributed by atoms with Crippen LogP contribution in [-0.2, 0) is 14.8 Å². The summed E-state index contributed by atoms with van der Waals surface area (Å²) >= 11 is 5.91. The zero-order chi connectivity index (χ0) is 24.2. The molecule has 7 nitrogen and oxygen atoms in total. The minimum absolute atomic E-state index is 0.132. The third-order valence-electron chi connectivity index (χ3n) is 5.98. The lowest BCUT2D eigenvalue weighted by molar-refractivity contribution is -0.121. The number of halogens is 1. The highest BCUT2D eigenvalue weighted by Crippen LogP contribution is 2.25. The average Bonchev–Trinajstić information content (AvgIpc) is 2.81. The van der Waals surface area contributed by atoms with E-state index in [1.807, 2.05) is 6.92 Å². The van der Waals surface area contributed by atoms with Gasteiger partial charge in [0, 0.05) is 42.5 Å². The van der Waals surface area contributed by atoms with Crippen molar-refractivity contribution < 1.29 is 18.0 Å². The Labute approximate surface area is 200 Å². The van der Waals surface area contributed by atoms with Gasteiger partial charge < -0.3 is 10.2 Å². The number of piperidine rings is 1. The number of carbonyl (C=O) groups is 2. The second kappa shape index (κ2) is 10.7. The van der Waals surface area contributed by atoms with Crippen LogP contribution < -0.4 is 5.32 Å². The Morgan fingerprint density at radius 3 is 2.42 bits per heavy atom. The van der Waals surface area contributed by atoms with Crippen molar-refractivity contribution >= 4 is 39.1 Å². The molecule has 1 unspecified atom stereocenters. The maximum Gasteiger partial charge on any atom is 0.253 e. The Kier molecular flexibility index (Phi) is 8.15. The van der Waals surface area contributed by atoms with E-state index in [-0.39, 0.29) is 22.6 Å². The number of benzene rings is 2. The van der Waals surface area contributed by atoms with Crippen molar-refractivity contribution in [2.45, 2.75) is 38.5 Å². The van der Waals surface area contributed by atoms with Gasteiger partial charge in [0.05, 0.1) is 10.8 Å². The number of hydrogen-bond donors (Lipinski definition) is 1. The topological polar surface area (TPSA) is 86.8 Å². The summed E-state index contributed by atoms with van der Waals surface area (Å²) in [6.45, 7) is 7.03. The number of nitrogens with zero attached hydrogens (tertiary/aromatic N) is 2. The number of hydrogen-bond acceptors (Lipinski definition) is 4. The molecule has 1 saturated heterocycles. The van der Waals surface area contributed by atoms with Gasteiger partial charge in [-0.05, 0) is 61.7 Å². The van der Waals surface area contributed by atoms with Crippen LogP contribution in [0.3, 0.4) is 0 Å². The molecule has 3 rings (SSSR count). The first kappa shape index (κ1) is 25.2. The molecular formula is C24H30ClN3O4S. The van der Waals surface area contributed by atoms with Gasteiger partial charge in [-0.15, -0.1) is 0 Å². The Bertz CT molecular complexity index is 1120. The van der Waals surface area contributed by atoms with Crippen molar-refractivity contribution in [3.05, 3.63) is 58.6 Å². The molecule has 0 saturated carbocycles. The molecule has 1 heterocycles. The fraction of sp³-hybridized carbons (Fsp3) is 0.417. The average molecular weight is 492 g/mol. The summed E-state index contributed by atoms with van der Waals surface area (Å²) in [6, 6.07) is 11.5. The standard InChI is InChI=1S/C24H30ClN3O4S/c1-4-28(5-2)33(31,32)21-13-8-17(3)22(15-21)26-23(29)19-7-6-14-27(16-19)24(30)18-9-11-20(25)12-10-18/h8-13,15,19H,4-7,14,16H2,1-3H3,(H,26,29). The molecule has 0 aromatic heterocycles. The minimum atomic E-state index is -3.64. The fourth-order valence-electron chi connectivity index (χ4n) is 3.99. The molecule has 1 N–H and O–H groups in total. The largest absolute Gasteiger partial charge is 0.338 e. The van der Waals surface area contributed by atoms with Gasteiger partial charge in [0.1, 0.15) is 0 Å². The summed E-state index contributed by atoms with van der Waals surface area (Å²) in [7, 11) is -3.64. The highest BCUT2D eigenvalue weighted by molar-refractivity contribution is 7.89. The van der Waals surface area contributed by atoms with Crippen molar-refractivity contribution in [1.82, 2.24) is 9.21 Å². The summed E-state index contributed by atoms with van der Waals surface area (Å²) < 4.78 is 27.1. The van der Waals surface area contributed by atoms with Crippen molar-refractivity contribution in [3.63, 3.8) is 0 Å². The van der Waals surface area contributed by atoms with Crippen molar-refractivity contribution in [2.24, 2.45) is 5.92 Å². The summed E-state index contributed by atoms with van der Waals surface area (Å²) in [4.78, 5) is 27.7. The Morgan fingerprint density at radius 1 is 1.12 bits per heavy atom. The molecule has 0 bridgehead atoms. The molecule has 0 radical (unpaired) electrons. The maximum atomic E-state index is 13.0. The number of aryl methyl sites for hydroxylation is 1. The first-order chi connectivity index (χ1) is 15.7. The van der Waals surface area contributed by atoms with Crippen molar-refractivity contribution in [3.8, 4) is 0 Å². The van der Waals surface area contributed by atoms with Gasteiger partial charge in [0.25, 0.3) is 5.91 Å². The third kappa shape index (κ3) is 5.75. The maximum absolute atomic E-state index is 13.0. The van der Waals surface area contributed by atoms with Gasteiger partial charge >= 0.3 is 0 Å². The van der Waals surface area contributed by atoms with E-state index in [2.05, 4.69) is 5.32 Å². The molecule has 0 aliphatic carbocycles. The second-order valence-electron chi connectivity index (χ2n) is 8.15. The number of carbonyl (C=O) groups excluding carboxylic acids is 2. The smallest absolute Gasteiger partial charge is 0.253 e. The molecule has 2 aromatic rings. The molecule has 9 heteroatoms. The molecule has 0 spiro atoms. The van der Waals surface area contributed by atoms with Gasteiger partial charge in [-0.25, -0.2) is 8.42 Å². The monoisotopic (exact) mass is 491 g/mol. The summed E-state index contributed by atoms with van der Waals surface area (Å²) in [5.74, 6) is -0.728. The highest BCUT2D eigenvalue weighted by Gasteiger charge is 2.30. The van der Waals surface area contributed by atoms with E-state index in [9.17, 15) is 18.0 Å². The number of anilines is 1. The lowest BCUT2D eigenvalue weighted by Crippen LogP contribution is -2.43. The van der Waals surface area contributed by atoms with Crippen LogP contribution in [0.1, 0.15) is 42.6 Å². The van der Waals surface area contributed by atoms with E-state index in [4.69, 9.17) is 11.6 Å². The molecule has 1 aliphatic rings. The zero-order valence-electron chi connectivity index (χ0n) is 19.2. The number of sulfonamides is 1. The van der Waals surface area contributed by atoms with E-state index < -0.39 is 10.0 Å². The van der Waals surface area contributed by atoms with Gasteiger partial charge in [0.2, 0.25) is 15.9 Å². The highest BCUT2D eigenvalue weighted by atomic mass is 35.5. The molecule has 178 valence electrons. The number of rotatable bonds is 7. The SMILES string of the molecule is CCN(CC)S(=O)(=O)c1ccc(C)c(NC(=O)C2CCCN(C(=O)c3ccc(Cl)cc3)C2)c1. The first-order valence-corrected chi connectivity index (χ1v) is 13.0. The normalized spacial score (nSPS) is 16.6. The molecule has 1 fully saturated rings. The molecule has 2 amide bonds. The Morgan fingerprint density at radius 2 is 1.79 bits per heavy atom. The molecule has 33 heavy (non-hydrogen) atoms. The lowest BCUT2D eigenvalue weighted by Gasteiger charge is -2.32. The van der Waals surface area contributed by atoms with Crippen molar-refractivity contribution in [2.75, 3.05) is 31.5 Å². The second-order valence-corrected chi connectivity index (χ2v) is 10.5. The van der Waals surface area contributed by atoms with Gasteiger partial charge in [-0.1, -0.05) is 31.5 Å². The number of nitrogens with one attached hydrogen (secondary N) is 1. The summed E-state index contributed by atoms with van der Waals surface area (Å²) in [6.07, 6.45) is 1.37.